The van der Waals surface area contributed by atoms with Crippen LogP contribution < -0.4 is 0 Å². The average Bonchev–Trinajstić information content (AvgIpc) is 2.84. The molecule has 0 saturated carbocycles. The summed E-state index contributed by atoms with van der Waals surface area (Å²) in [6.07, 6.45) is 0.132. The molecule has 1 aromatic heterocycles. The van der Waals surface area contributed by atoms with Gasteiger partial charge in [-0.25, -0.2) is 4.98 Å². The van der Waals surface area contributed by atoms with E-state index in [-0.39, 0.29) is 28.6 Å². The zero-order valence-corrected chi connectivity index (χ0v) is 18.5. The summed E-state index contributed by atoms with van der Waals surface area (Å²) in [5.41, 5.74) is 6.37. The number of ether oxygens (including phenoxy) is 1. The molecule has 2 heterocycles. The van der Waals surface area contributed by atoms with Crippen molar-refractivity contribution in [1.82, 2.24) is 9.55 Å². The van der Waals surface area contributed by atoms with Gasteiger partial charge in [-0.3, -0.25) is 0 Å². The highest BCUT2D eigenvalue weighted by Gasteiger charge is 2.59. The molecule has 1 aromatic carbocycles. The summed E-state index contributed by atoms with van der Waals surface area (Å²) in [6.45, 7) is 25.1. The number of hydrogen-bond acceptors (Lipinski definition) is 2. The van der Waals surface area contributed by atoms with Crippen molar-refractivity contribution in [2.75, 3.05) is 0 Å². The van der Waals surface area contributed by atoms with Crippen LogP contribution in [0.15, 0.2) is 6.07 Å². The van der Waals surface area contributed by atoms with E-state index in [1.807, 2.05) is 0 Å². The van der Waals surface area contributed by atoms with Crippen molar-refractivity contribution in [3.05, 3.63) is 28.6 Å². The lowest BCUT2D eigenvalue weighted by molar-refractivity contribution is -0.269. The van der Waals surface area contributed by atoms with Gasteiger partial charge in [0.15, 0.2) is 0 Å². The Bertz CT molecular complexity index is 870. The lowest BCUT2D eigenvalue weighted by Crippen LogP contribution is -2.59. The average molecular weight is 357 g/mol. The van der Waals surface area contributed by atoms with Crippen molar-refractivity contribution in [2.45, 2.75) is 88.5 Å². The highest BCUT2D eigenvalue weighted by atomic mass is 16.5. The predicted molar refractivity (Wildman–Crippen MR) is 110 cm³/mol. The lowest BCUT2D eigenvalue weighted by atomic mass is 9.51. The summed E-state index contributed by atoms with van der Waals surface area (Å²) in [5.74, 6) is 1.04. The molecule has 1 saturated heterocycles. The number of aromatic nitrogens is 2. The summed E-state index contributed by atoms with van der Waals surface area (Å²) >= 11 is 0. The molecule has 0 radical (unpaired) electrons. The minimum absolute atomic E-state index is 0.0352. The third kappa shape index (κ3) is 2.25. The van der Waals surface area contributed by atoms with Gasteiger partial charge in [-0.15, -0.1) is 0 Å². The first kappa shape index (κ1) is 19.4. The Kier molecular flexibility index (Phi) is 4.16. The van der Waals surface area contributed by atoms with Crippen LogP contribution in [0.5, 0.6) is 0 Å². The van der Waals surface area contributed by atoms with E-state index in [0.29, 0.717) is 0 Å². The molecular weight excluding hydrogens is 320 g/mol. The molecule has 0 aliphatic carbocycles. The first-order valence-electron chi connectivity index (χ1n) is 9.86. The van der Waals surface area contributed by atoms with Crippen LogP contribution in [-0.2, 0) is 4.74 Å². The molecule has 2 aromatic rings. The molecule has 0 bridgehead atoms. The molecule has 3 rings (SSSR count). The van der Waals surface area contributed by atoms with Crippen molar-refractivity contribution in [1.29, 1.82) is 0 Å². The van der Waals surface area contributed by atoms with Crippen LogP contribution in [0.4, 0.5) is 0 Å². The molecular formula is C23H36N2O. The standard InChI is InChI=1S/C23H36N2O/c1-13-12-18-19(15(3)14(13)2)24-17(5)25(18)20-22(8,9)23(10,11)21(6,7)16(4)26-20/h12,16,20H,1-11H3. The van der Waals surface area contributed by atoms with Gasteiger partial charge in [-0.1, -0.05) is 41.5 Å². The second kappa shape index (κ2) is 5.58. The quantitative estimate of drug-likeness (QED) is 0.602. The first-order valence-corrected chi connectivity index (χ1v) is 9.86. The van der Waals surface area contributed by atoms with Gasteiger partial charge >= 0.3 is 0 Å². The molecule has 1 aliphatic heterocycles. The Morgan fingerprint density at radius 3 is 2.08 bits per heavy atom. The van der Waals surface area contributed by atoms with Gasteiger partial charge in [0, 0.05) is 5.41 Å². The summed E-state index contributed by atoms with van der Waals surface area (Å²) in [4.78, 5) is 4.95. The number of imidazole rings is 1. The van der Waals surface area contributed by atoms with E-state index in [0.717, 1.165) is 11.3 Å². The third-order valence-electron chi connectivity index (χ3n) is 8.41. The Hall–Kier alpha value is -1.35. The van der Waals surface area contributed by atoms with Gasteiger partial charge in [-0.05, 0) is 68.2 Å². The van der Waals surface area contributed by atoms with Gasteiger partial charge in [0.1, 0.15) is 12.1 Å². The number of benzene rings is 1. The van der Waals surface area contributed by atoms with Crippen molar-refractivity contribution in [3.8, 4) is 0 Å². The highest BCUT2D eigenvalue weighted by molar-refractivity contribution is 5.82. The molecule has 0 spiro atoms. The topological polar surface area (TPSA) is 27.1 Å². The van der Waals surface area contributed by atoms with Crippen LogP contribution >= 0.6 is 0 Å². The summed E-state index contributed by atoms with van der Waals surface area (Å²) in [5, 5.41) is 0. The molecule has 3 heteroatoms. The molecule has 26 heavy (non-hydrogen) atoms. The molecule has 0 N–H and O–H groups in total. The predicted octanol–water partition coefficient (Wildman–Crippen LogP) is 6.27. The zero-order chi connectivity index (χ0) is 19.8. The number of aryl methyl sites for hydroxylation is 3. The van der Waals surface area contributed by atoms with E-state index in [1.165, 1.54) is 22.2 Å². The third-order valence-corrected chi connectivity index (χ3v) is 8.41. The van der Waals surface area contributed by atoms with Gasteiger partial charge in [0.2, 0.25) is 0 Å². The van der Waals surface area contributed by atoms with Gasteiger partial charge in [-0.2, -0.15) is 0 Å². The van der Waals surface area contributed by atoms with Crippen LogP contribution in [0.2, 0.25) is 0 Å². The van der Waals surface area contributed by atoms with Crippen LogP contribution in [-0.4, -0.2) is 15.7 Å². The minimum Gasteiger partial charge on any atom is -0.354 e. The van der Waals surface area contributed by atoms with Crippen molar-refractivity contribution >= 4 is 11.0 Å². The fourth-order valence-corrected chi connectivity index (χ4v) is 4.62. The maximum absolute atomic E-state index is 6.72. The Morgan fingerprint density at radius 2 is 1.50 bits per heavy atom. The molecule has 1 aliphatic rings. The number of fused-ring (bicyclic) bond motifs is 1. The number of rotatable bonds is 1. The zero-order valence-electron chi connectivity index (χ0n) is 18.5. The Morgan fingerprint density at radius 1 is 0.923 bits per heavy atom. The molecule has 2 unspecified atom stereocenters. The van der Waals surface area contributed by atoms with Crippen molar-refractivity contribution in [3.63, 3.8) is 0 Å². The number of hydrogen-bond donors (Lipinski definition) is 0. The second-order valence-corrected chi connectivity index (χ2v) is 10.0. The Balaban J connectivity index is 2.29. The minimum atomic E-state index is -0.0475. The van der Waals surface area contributed by atoms with E-state index in [4.69, 9.17) is 9.72 Å². The molecule has 1 fully saturated rings. The van der Waals surface area contributed by atoms with Gasteiger partial charge in [0.25, 0.3) is 0 Å². The van der Waals surface area contributed by atoms with Gasteiger partial charge < -0.3 is 9.30 Å². The fourth-order valence-electron chi connectivity index (χ4n) is 4.62. The van der Waals surface area contributed by atoms with E-state index in [9.17, 15) is 0 Å². The van der Waals surface area contributed by atoms with E-state index >= 15 is 0 Å². The monoisotopic (exact) mass is 356 g/mol. The fraction of sp³-hybridized carbons (Fsp3) is 0.696. The normalized spacial score (nSPS) is 27.0. The maximum atomic E-state index is 6.72. The smallest absolute Gasteiger partial charge is 0.141 e. The second-order valence-electron chi connectivity index (χ2n) is 10.0. The first-order chi connectivity index (χ1) is 11.7. The van der Waals surface area contributed by atoms with Crippen molar-refractivity contribution in [2.24, 2.45) is 16.2 Å². The molecule has 0 amide bonds. The SMILES string of the molecule is Cc1cc2c(nc(C)n2C2OC(C)C(C)(C)C(C)(C)C2(C)C)c(C)c1C. The molecule has 3 nitrogen and oxygen atoms in total. The van der Waals surface area contributed by atoms with Gasteiger partial charge in [0.05, 0.1) is 17.1 Å². The van der Waals surface area contributed by atoms with Crippen molar-refractivity contribution < 1.29 is 4.74 Å². The van der Waals surface area contributed by atoms with Crippen LogP contribution in [0.3, 0.4) is 0 Å². The van der Waals surface area contributed by atoms with E-state index in [1.54, 1.807) is 0 Å². The molecule has 2 atom stereocenters. The summed E-state index contributed by atoms with van der Waals surface area (Å²) in [6, 6.07) is 2.29. The largest absolute Gasteiger partial charge is 0.354 e. The Labute approximate surface area is 159 Å². The van der Waals surface area contributed by atoms with E-state index < -0.39 is 0 Å². The summed E-state index contributed by atoms with van der Waals surface area (Å²) < 4.78 is 9.07. The summed E-state index contributed by atoms with van der Waals surface area (Å²) in [7, 11) is 0. The van der Waals surface area contributed by atoms with E-state index in [2.05, 4.69) is 86.8 Å². The maximum Gasteiger partial charge on any atom is 0.141 e. The van der Waals surface area contributed by atoms with Crippen LogP contribution in [0, 0.1) is 43.9 Å². The molecule has 144 valence electrons. The number of nitrogens with zero attached hydrogens (tertiary/aromatic N) is 2. The highest BCUT2D eigenvalue weighted by Crippen LogP contribution is 2.62. The van der Waals surface area contributed by atoms with Crippen LogP contribution in [0.1, 0.15) is 77.2 Å². The lowest BCUT2D eigenvalue weighted by Gasteiger charge is -2.62. The van der Waals surface area contributed by atoms with Crippen LogP contribution in [0.25, 0.3) is 11.0 Å².